The first kappa shape index (κ1) is 11.9. The maximum absolute atomic E-state index is 13.2. The van der Waals surface area contributed by atoms with Gasteiger partial charge in [0.2, 0.25) is 0 Å². The molecule has 2 rings (SSSR count). The van der Waals surface area contributed by atoms with Crippen molar-refractivity contribution in [2.75, 3.05) is 0 Å². The monoisotopic (exact) mass is 233 g/mol. The number of aliphatic hydroxyl groups excluding tert-OH is 1. The van der Waals surface area contributed by atoms with E-state index in [1.807, 2.05) is 30.7 Å². The molecule has 0 bridgehead atoms. The van der Waals surface area contributed by atoms with Crippen molar-refractivity contribution in [1.29, 1.82) is 0 Å². The Labute approximate surface area is 100 Å². The smallest absolute Gasteiger partial charge is 0.126 e. The third kappa shape index (κ3) is 1.98. The molecule has 17 heavy (non-hydrogen) atoms. The Morgan fingerprint density at radius 1 is 1.24 bits per heavy atom. The van der Waals surface area contributed by atoms with Crippen molar-refractivity contribution in [3.05, 3.63) is 46.9 Å². The van der Waals surface area contributed by atoms with E-state index in [1.54, 1.807) is 13.0 Å². The second-order valence-electron chi connectivity index (χ2n) is 4.32. The topological polar surface area (TPSA) is 25.2 Å². The zero-order chi connectivity index (χ0) is 12.6. The van der Waals surface area contributed by atoms with Gasteiger partial charge in [-0.1, -0.05) is 0 Å². The predicted octanol–water partition coefficient (Wildman–Crippen LogP) is 2.94. The van der Waals surface area contributed by atoms with Crippen LogP contribution in [0.5, 0.6) is 0 Å². The molecule has 0 unspecified atom stereocenters. The standard InChI is InChI=1S/C14H16FNO/c1-9-6-11(4-5-13(9)15)14-7-12(8-17)10(2)16(14)3/h4-7,17H,8H2,1-3H3. The predicted molar refractivity (Wildman–Crippen MR) is 66.2 cm³/mol. The minimum absolute atomic E-state index is 0.0276. The summed E-state index contributed by atoms with van der Waals surface area (Å²) in [6, 6.07) is 7.01. The fraction of sp³-hybridized carbons (Fsp3) is 0.286. The Morgan fingerprint density at radius 2 is 1.94 bits per heavy atom. The number of hydrogen-bond donors (Lipinski definition) is 1. The summed E-state index contributed by atoms with van der Waals surface area (Å²) in [6.07, 6.45) is 0. The molecule has 0 spiro atoms. The number of benzene rings is 1. The van der Waals surface area contributed by atoms with E-state index in [0.717, 1.165) is 22.5 Å². The molecule has 0 saturated heterocycles. The van der Waals surface area contributed by atoms with Gasteiger partial charge < -0.3 is 9.67 Å². The summed E-state index contributed by atoms with van der Waals surface area (Å²) in [5.41, 5.74) is 4.53. The van der Waals surface area contributed by atoms with Crippen molar-refractivity contribution >= 4 is 0 Å². The summed E-state index contributed by atoms with van der Waals surface area (Å²) in [7, 11) is 1.95. The maximum atomic E-state index is 13.2. The lowest BCUT2D eigenvalue weighted by atomic mass is 10.1. The number of rotatable bonds is 2. The van der Waals surface area contributed by atoms with Crippen LogP contribution in [0.1, 0.15) is 16.8 Å². The lowest BCUT2D eigenvalue weighted by molar-refractivity contribution is 0.281. The third-order valence-electron chi connectivity index (χ3n) is 3.26. The van der Waals surface area contributed by atoms with Crippen LogP contribution in [0.4, 0.5) is 4.39 Å². The summed E-state index contributed by atoms with van der Waals surface area (Å²) >= 11 is 0. The molecule has 1 heterocycles. The Kier molecular flexibility index (Phi) is 3.03. The molecule has 1 N–H and O–H groups in total. The van der Waals surface area contributed by atoms with Gasteiger partial charge in [0.05, 0.1) is 6.61 Å². The molecule has 1 aromatic heterocycles. The van der Waals surface area contributed by atoms with Crippen LogP contribution in [0.3, 0.4) is 0 Å². The van der Waals surface area contributed by atoms with Gasteiger partial charge in [-0.3, -0.25) is 0 Å². The van der Waals surface area contributed by atoms with Gasteiger partial charge >= 0.3 is 0 Å². The second-order valence-corrected chi connectivity index (χ2v) is 4.32. The molecule has 0 fully saturated rings. The average molecular weight is 233 g/mol. The van der Waals surface area contributed by atoms with Crippen LogP contribution in [0, 0.1) is 19.7 Å². The SMILES string of the molecule is Cc1cc(-c2cc(CO)c(C)n2C)ccc1F. The summed E-state index contributed by atoms with van der Waals surface area (Å²) in [6.45, 7) is 3.74. The third-order valence-corrected chi connectivity index (χ3v) is 3.26. The molecule has 0 saturated carbocycles. The molecule has 1 aromatic carbocycles. The molecule has 3 heteroatoms. The number of aromatic nitrogens is 1. The number of aryl methyl sites for hydroxylation is 1. The van der Waals surface area contributed by atoms with E-state index in [2.05, 4.69) is 0 Å². The van der Waals surface area contributed by atoms with Gasteiger partial charge in [0.25, 0.3) is 0 Å². The lowest BCUT2D eigenvalue weighted by Crippen LogP contribution is -1.95. The van der Waals surface area contributed by atoms with E-state index in [4.69, 9.17) is 0 Å². The number of nitrogens with zero attached hydrogens (tertiary/aromatic N) is 1. The molecular weight excluding hydrogens is 217 g/mol. The molecule has 0 atom stereocenters. The van der Waals surface area contributed by atoms with E-state index in [1.165, 1.54) is 6.07 Å². The molecular formula is C14H16FNO. The van der Waals surface area contributed by atoms with Crippen LogP contribution in [0.25, 0.3) is 11.3 Å². The minimum Gasteiger partial charge on any atom is -0.392 e. The highest BCUT2D eigenvalue weighted by molar-refractivity contribution is 5.63. The first-order chi connectivity index (χ1) is 8.04. The largest absolute Gasteiger partial charge is 0.392 e. The Balaban J connectivity index is 2.56. The number of aliphatic hydroxyl groups is 1. The van der Waals surface area contributed by atoms with E-state index < -0.39 is 0 Å². The Hall–Kier alpha value is -1.61. The Bertz CT molecular complexity index is 558. The fourth-order valence-corrected chi connectivity index (χ4v) is 2.00. The molecule has 0 aliphatic rings. The first-order valence-electron chi connectivity index (χ1n) is 5.57. The van der Waals surface area contributed by atoms with Crippen molar-refractivity contribution in [3.8, 4) is 11.3 Å². The zero-order valence-electron chi connectivity index (χ0n) is 10.3. The van der Waals surface area contributed by atoms with Crippen molar-refractivity contribution < 1.29 is 9.50 Å². The van der Waals surface area contributed by atoms with Gasteiger partial charge in [-0.2, -0.15) is 0 Å². The average Bonchev–Trinajstić information content (AvgIpc) is 2.60. The lowest BCUT2D eigenvalue weighted by Gasteiger charge is -2.06. The van der Waals surface area contributed by atoms with Crippen molar-refractivity contribution in [1.82, 2.24) is 4.57 Å². The van der Waals surface area contributed by atoms with Gasteiger partial charge in [0.1, 0.15) is 5.82 Å². The summed E-state index contributed by atoms with van der Waals surface area (Å²) in [4.78, 5) is 0. The maximum Gasteiger partial charge on any atom is 0.126 e. The van der Waals surface area contributed by atoms with Crippen LogP contribution in [0.15, 0.2) is 24.3 Å². The van der Waals surface area contributed by atoms with Crippen molar-refractivity contribution in [2.45, 2.75) is 20.5 Å². The summed E-state index contributed by atoms with van der Waals surface area (Å²) in [5, 5.41) is 9.23. The van der Waals surface area contributed by atoms with Gasteiger partial charge in [0.15, 0.2) is 0 Å². The van der Waals surface area contributed by atoms with E-state index in [-0.39, 0.29) is 12.4 Å². The normalized spacial score (nSPS) is 10.9. The quantitative estimate of drug-likeness (QED) is 0.847. The van der Waals surface area contributed by atoms with Crippen LogP contribution in [-0.2, 0) is 13.7 Å². The van der Waals surface area contributed by atoms with Gasteiger partial charge in [0, 0.05) is 18.4 Å². The fourth-order valence-electron chi connectivity index (χ4n) is 2.00. The molecule has 2 nitrogen and oxygen atoms in total. The molecule has 0 aliphatic heterocycles. The highest BCUT2D eigenvalue weighted by atomic mass is 19.1. The first-order valence-corrected chi connectivity index (χ1v) is 5.57. The molecule has 0 radical (unpaired) electrons. The molecule has 90 valence electrons. The van der Waals surface area contributed by atoms with Gasteiger partial charge in [-0.05, 0) is 54.8 Å². The zero-order valence-corrected chi connectivity index (χ0v) is 10.3. The van der Waals surface area contributed by atoms with Crippen LogP contribution >= 0.6 is 0 Å². The highest BCUT2D eigenvalue weighted by Gasteiger charge is 2.10. The number of hydrogen-bond acceptors (Lipinski definition) is 1. The molecule has 0 aliphatic carbocycles. The van der Waals surface area contributed by atoms with E-state index >= 15 is 0 Å². The Morgan fingerprint density at radius 3 is 2.47 bits per heavy atom. The highest BCUT2D eigenvalue weighted by Crippen LogP contribution is 2.26. The van der Waals surface area contributed by atoms with Crippen molar-refractivity contribution in [2.24, 2.45) is 7.05 Å². The van der Waals surface area contributed by atoms with Crippen LogP contribution < -0.4 is 0 Å². The van der Waals surface area contributed by atoms with E-state index in [9.17, 15) is 9.50 Å². The number of halogens is 1. The second kappa shape index (κ2) is 4.34. The summed E-state index contributed by atoms with van der Waals surface area (Å²) < 4.78 is 15.2. The molecule has 0 amide bonds. The minimum atomic E-state index is -0.193. The summed E-state index contributed by atoms with van der Waals surface area (Å²) in [5.74, 6) is -0.193. The van der Waals surface area contributed by atoms with Gasteiger partial charge in [-0.25, -0.2) is 4.39 Å². The van der Waals surface area contributed by atoms with Crippen LogP contribution in [0.2, 0.25) is 0 Å². The van der Waals surface area contributed by atoms with Crippen LogP contribution in [-0.4, -0.2) is 9.67 Å². The van der Waals surface area contributed by atoms with Gasteiger partial charge in [-0.15, -0.1) is 0 Å². The van der Waals surface area contributed by atoms with E-state index in [0.29, 0.717) is 5.56 Å². The molecule has 2 aromatic rings. The van der Waals surface area contributed by atoms with Crippen molar-refractivity contribution in [3.63, 3.8) is 0 Å².